The van der Waals surface area contributed by atoms with Crippen LogP contribution in [0.3, 0.4) is 0 Å². The van der Waals surface area contributed by atoms with E-state index >= 15 is 0 Å². The molecule has 0 atom stereocenters. The number of nitrogens with one attached hydrogen (secondary N) is 1. The number of benzene rings is 1. The van der Waals surface area contributed by atoms with E-state index in [1.54, 1.807) is 38.7 Å². The molecule has 1 aromatic carbocycles. The Kier molecular flexibility index (Phi) is 4.41. The first-order valence-electron chi connectivity index (χ1n) is 5.64. The average molecular weight is 280 g/mol. The van der Waals surface area contributed by atoms with Gasteiger partial charge in [-0.2, -0.15) is 0 Å². The Balaban J connectivity index is 2.18. The molecule has 0 bridgehead atoms. The first kappa shape index (κ1) is 13.4. The molecule has 100 valence electrons. The van der Waals surface area contributed by atoms with Crippen molar-refractivity contribution in [3.05, 3.63) is 41.4 Å². The van der Waals surface area contributed by atoms with Gasteiger partial charge in [-0.05, 0) is 6.07 Å². The minimum absolute atomic E-state index is 0.523. The number of nitrogens with zero attached hydrogens (tertiary/aromatic N) is 2. The highest BCUT2D eigenvalue weighted by atomic mass is 35.5. The third kappa shape index (κ3) is 3.26. The topological polar surface area (TPSA) is 56.3 Å². The molecule has 1 N–H and O–H groups in total. The lowest BCUT2D eigenvalue weighted by molar-refractivity contribution is 0.395. The number of aromatic nitrogens is 2. The fourth-order valence-electron chi connectivity index (χ4n) is 1.62. The van der Waals surface area contributed by atoms with Crippen LogP contribution in [-0.2, 0) is 6.54 Å². The zero-order valence-corrected chi connectivity index (χ0v) is 11.4. The number of hydrogen-bond donors (Lipinski definition) is 1. The number of halogens is 1. The third-order valence-electron chi connectivity index (χ3n) is 2.57. The molecule has 0 spiro atoms. The largest absolute Gasteiger partial charge is 0.495 e. The summed E-state index contributed by atoms with van der Waals surface area (Å²) in [5.41, 5.74) is 1.76. The van der Waals surface area contributed by atoms with Crippen molar-refractivity contribution in [3.63, 3.8) is 0 Å². The molecule has 0 radical (unpaired) electrons. The van der Waals surface area contributed by atoms with E-state index in [0.29, 0.717) is 23.1 Å². The van der Waals surface area contributed by atoms with E-state index in [1.807, 2.05) is 0 Å². The van der Waals surface area contributed by atoms with Gasteiger partial charge in [0.05, 0.1) is 24.9 Å². The molecule has 5 nitrogen and oxygen atoms in total. The van der Waals surface area contributed by atoms with Crippen LogP contribution in [0, 0.1) is 0 Å². The first-order chi connectivity index (χ1) is 9.24. The van der Waals surface area contributed by atoms with Gasteiger partial charge in [-0.1, -0.05) is 11.6 Å². The highest BCUT2D eigenvalue weighted by molar-refractivity contribution is 6.32. The summed E-state index contributed by atoms with van der Waals surface area (Å²) in [5, 5.41) is 3.75. The van der Waals surface area contributed by atoms with Crippen LogP contribution in [-0.4, -0.2) is 24.2 Å². The monoisotopic (exact) mass is 279 g/mol. The Morgan fingerprint density at radius 2 is 1.79 bits per heavy atom. The fourth-order valence-corrected chi connectivity index (χ4v) is 1.86. The van der Waals surface area contributed by atoms with E-state index in [1.165, 1.54) is 6.33 Å². The summed E-state index contributed by atoms with van der Waals surface area (Å²) < 4.78 is 10.4. The molecular weight excluding hydrogens is 266 g/mol. The van der Waals surface area contributed by atoms with Crippen molar-refractivity contribution in [1.82, 2.24) is 9.97 Å². The highest BCUT2D eigenvalue weighted by Gasteiger charge is 2.09. The molecule has 0 unspecified atom stereocenters. The maximum Gasteiger partial charge on any atom is 0.145 e. The molecule has 19 heavy (non-hydrogen) atoms. The van der Waals surface area contributed by atoms with Crippen LogP contribution in [0.4, 0.5) is 5.69 Å². The molecule has 1 aromatic heterocycles. The Morgan fingerprint density at radius 1 is 1.11 bits per heavy atom. The Hall–Kier alpha value is -2.01. The SMILES string of the molecule is COc1cc(OC)c(NCc2cncnc2)cc1Cl. The number of hydrogen-bond acceptors (Lipinski definition) is 5. The lowest BCUT2D eigenvalue weighted by atomic mass is 10.2. The molecule has 2 aromatic rings. The summed E-state index contributed by atoms with van der Waals surface area (Å²) in [4.78, 5) is 7.91. The van der Waals surface area contributed by atoms with Gasteiger partial charge < -0.3 is 14.8 Å². The second-order valence-corrected chi connectivity index (χ2v) is 4.19. The quantitative estimate of drug-likeness (QED) is 0.912. The highest BCUT2D eigenvalue weighted by Crippen LogP contribution is 2.35. The van der Waals surface area contributed by atoms with E-state index in [0.717, 1.165) is 11.3 Å². The second kappa shape index (κ2) is 6.24. The van der Waals surface area contributed by atoms with Crippen LogP contribution < -0.4 is 14.8 Å². The van der Waals surface area contributed by atoms with E-state index < -0.39 is 0 Å². The summed E-state index contributed by atoms with van der Waals surface area (Å²) in [7, 11) is 3.16. The van der Waals surface area contributed by atoms with Gasteiger partial charge in [0.1, 0.15) is 17.8 Å². The van der Waals surface area contributed by atoms with Gasteiger partial charge in [-0.25, -0.2) is 9.97 Å². The standard InChI is InChI=1S/C13H14ClN3O2/c1-18-12-4-13(19-2)11(3-10(12)14)17-7-9-5-15-8-16-6-9/h3-6,8,17H,7H2,1-2H3. The van der Waals surface area contributed by atoms with Crippen molar-refractivity contribution >= 4 is 17.3 Å². The van der Waals surface area contributed by atoms with E-state index in [2.05, 4.69) is 15.3 Å². The minimum Gasteiger partial charge on any atom is -0.495 e. The van der Waals surface area contributed by atoms with Crippen molar-refractivity contribution in [2.24, 2.45) is 0 Å². The molecule has 1 heterocycles. The summed E-state index contributed by atoms with van der Waals surface area (Å²) in [5.74, 6) is 1.24. The van der Waals surface area contributed by atoms with Gasteiger partial charge in [0.25, 0.3) is 0 Å². The minimum atomic E-state index is 0.523. The fraction of sp³-hybridized carbons (Fsp3) is 0.231. The molecular formula is C13H14ClN3O2. The molecule has 6 heteroatoms. The van der Waals surface area contributed by atoms with Crippen LogP contribution in [0.1, 0.15) is 5.56 Å². The van der Waals surface area contributed by atoms with Gasteiger partial charge in [-0.15, -0.1) is 0 Å². The summed E-state index contributed by atoms with van der Waals surface area (Å²) in [6.45, 7) is 0.583. The third-order valence-corrected chi connectivity index (χ3v) is 2.87. The number of rotatable bonds is 5. The Bertz CT molecular complexity index is 549. The summed E-state index contributed by atoms with van der Waals surface area (Å²) in [6.07, 6.45) is 4.99. The van der Waals surface area contributed by atoms with Gasteiger partial charge in [0.2, 0.25) is 0 Å². The first-order valence-corrected chi connectivity index (χ1v) is 6.01. The second-order valence-electron chi connectivity index (χ2n) is 3.79. The van der Waals surface area contributed by atoms with Crippen molar-refractivity contribution in [2.75, 3.05) is 19.5 Å². The summed E-state index contributed by atoms with van der Waals surface area (Å²) >= 11 is 6.09. The van der Waals surface area contributed by atoms with Crippen LogP contribution in [0.5, 0.6) is 11.5 Å². The maximum absolute atomic E-state index is 6.09. The average Bonchev–Trinajstić information content (AvgIpc) is 2.46. The van der Waals surface area contributed by atoms with E-state index in [-0.39, 0.29) is 0 Å². The molecule has 0 aliphatic rings. The number of methoxy groups -OCH3 is 2. The van der Waals surface area contributed by atoms with Crippen LogP contribution in [0.15, 0.2) is 30.9 Å². The van der Waals surface area contributed by atoms with E-state index in [4.69, 9.17) is 21.1 Å². The van der Waals surface area contributed by atoms with Crippen molar-refractivity contribution < 1.29 is 9.47 Å². The Morgan fingerprint density at radius 3 is 2.42 bits per heavy atom. The van der Waals surface area contributed by atoms with Gasteiger partial charge in [0.15, 0.2) is 0 Å². The molecule has 0 amide bonds. The predicted octanol–water partition coefficient (Wildman–Crippen LogP) is 2.76. The molecule has 0 aliphatic heterocycles. The van der Waals surface area contributed by atoms with Crippen LogP contribution >= 0.6 is 11.6 Å². The van der Waals surface area contributed by atoms with Gasteiger partial charge in [0, 0.05) is 30.6 Å². The normalized spacial score (nSPS) is 10.1. The zero-order chi connectivity index (χ0) is 13.7. The Labute approximate surface area is 116 Å². The molecule has 0 aliphatic carbocycles. The molecule has 2 rings (SSSR count). The number of anilines is 1. The van der Waals surface area contributed by atoms with Crippen molar-refractivity contribution in [3.8, 4) is 11.5 Å². The van der Waals surface area contributed by atoms with Crippen molar-refractivity contribution in [2.45, 2.75) is 6.54 Å². The molecule has 0 fully saturated rings. The molecule has 0 saturated heterocycles. The lowest BCUT2D eigenvalue weighted by Gasteiger charge is -2.13. The molecule has 0 saturated carbocycles. The number of ether oxygens (including phenoxy) is 2. The van der Waals surface area contributed by atoms with Crippen LogP contribution in [0.25, 0.3) is 0 Å². The smallest absolute Gasteiger partial charge is 0.145 e. The summed E-state index contributed by atoms with van der Waals surface area (Å²) in [6, 6.07) is 3.51. The lowest BCUT2D eigenvalue weighted by Crippen LogP contribution is -2.02. The predicted molar refractivity (Wildman–Crippen MR) is 73.9 cm³/mol. The van der Waals surface area contributed by atoms with Crippen molar-refractivity contribution in [1.29, 1.82) is 0 Å². The van der Waals surface area contributed by atoms with E-state index in [9.17, 15) is 0 Å². The van der Waals surface area contributed by atoms with Crippen LogP contribution in [0.2, 0.25) is 5.02 Å². The maximum atomic E-state index is 6.09. The van der Waals surface area contributed by atoms with Gasteiger partial charge in [-0.3, -0.25) is 0 Å². The zero-order valence-electron chi connectivity index (χ0n) is 10.7. The van der Waals surface area contributed by atoms with Gasteiger partial charge >= 0.3 is 0 Å².